The number of nitrogens with one attached hydrogen (secondary N) is 1. The monoisotopic (exact) mass is 269 g/mol. The van der Waals surface area contributed by atoms with Crippen LogP contribution in [0, 0.1) is 0 Å². The van der Waals surface area contributed by atoms with Gasteiger partial charge in [0.2, 0.25) is 0 Å². The van der Waals surface area contributed by atoms with Crippen LogP contribution in [0.3, 0.4) is 0 Å². The number of hydrogen-bond acceptors (Lipinski definition) is 6. The van der Waals surface area contributed by atoms with E-state index in [1.165, 1.54) is 17.7 Å². The lowest BCUT2D eigenvalue weighted by Gasteiger charge is -2.04. The molecule has 0 saturated heterocycles. The van der Waals surface area contributed by atoms with E-state index in [4.69, 9.17) is 17.3 Å². The quantitative estimate of drug-likeness (QED) is 0.896. The van der Waals surface area contributed by atoms with Gasteiger partial charge in [-0.1, -0.05) is 25.4 Å². The SMILES string of the molecule is CC(C)c1csc(Nc2ncnc(N)c2Cl)n1. The van der Waals surface area contributed by atoms with Crippen molar-refractivity contribution < 1.29 is 0 Å². The summed E-state index contributed by atoms with van der Waals surface area (Å²) in [5, 5.41) is 6.10. The largest absolute Gasteiger partial charge is 0.382 e. The van der Waals surface area contributed by atoms with Gasteiger partial charge in [-0.3, -0.25) is 0 Å². The molecule has 7 heteroatoms. The topological polar surface area (TPSA) is 76.7 Å². The molecule has 90 valence electrons. The first kappa shape index (κ1) is 12.1. The first-order valence-electron chi connectivity index (χ1n) is 5.06. The van der Waals surface area contributed by atoms with E-state index >= 15 is 0 Å². The highest BCUT2D eigenvalue weighted by Gasteiger charge is 2.10. The molecular formula is C10H12ClN5S. The van der Waals surface area contributed by atoms with Gasteiger partial charge in [-0.2, -0.15) is 0 Å². The normalized spacial score (nSPS) is 10.8. The number of hydrogen-bond donors (Lipinski definition) is 2. The lowest BCUT2D eigenvalue weighted by Crippen LogP contribution is -1.99. The van der Waals surface area contributed by atoms with Crippen LogP contribution < -0.4 is 11.1 Å². The Hall–Kier alpha value is -1.40. The summed E-state index contributed by atoms with van der Waals surface area (Å²) in [7, 11) is 0. The third-order valence-electron chi connectivity index (χ3n) is 2.16. The number of thiazole rings is 1. The van der Waals surface area contributed by atoms with Crippen LogP contribution in [0.15, 0.2) is 11.7 Å². The minimum atomic E-state index is 0.254. The zero-order valence-corrected chi connectivity index (χ0v) is 11.0. The number of nitrogens with two attached hydrogens (primary N) is 1. The molecule has 0 aliphatic heterocycles. The summed E-state index contributed by atoms with van der Waals surface area (Å²) in [6, 6.07) is 0. The molecule has 0 saturated carbocycles. The Morgan fingerprint density at radius 1 is 1.41 bits per heavy atom. The van der Waals surface area contributed by atoms with Crippen LogP contribution in [0.5, 0.6) is 0 Å². The second-order valence-corrected chi connectivity index (χ2v) is 5.01. The lowest BCUT2D eigenvalue weighted by atomic mass is 10.2. The van der Waals surface area contributed by atoms with E-state index in [9.17, 15) is 0 Å². The molecule has 2 aromatic rings. The molecule has 17 heavy (non-hydrogen) atoms. The maximum absolute atomic E-state index is 5.98. The zero-order chi connectivity index (χ0) is 12.4. The number of halogens is 1. The molecule has 0 aromatic carbocycles. The van der Waals surface area contributed by atoms with Crippen LogP contribution >= 0.6 is 22.9 Å². The predicted octanol–water partition coefficient (Wildman–Crippen LogP) is 3.04. The molecule has 0 spiro atoms. The Morgan fingerprint density at radius 2 is 2.18 bits per heavy atom. The highest BCUT2D eigenvalue weighted by Crippen LogP contribution is 2.29. The maximum Gasteiger partial charge on any atom is 0.188 e. The van der Waals surface area contributed by atoms with Crippen molar-refractivity contribution in [2.24, 2.45) is 0 Å². The average molecular weight is 270 g/mol. The highest BCUT2D eigenvalue weighted by atomic mass is 35.5. The van der Waals surface area contributed by atoms with Crippen molar-refractivity contribution >= 4 is 39.7 Å². The maximum atomic E-state index is 5.98. The molecule has 2 aromatic heterocycles. The molecule has 2 rings (SSSR count). The van der Waals surface area contributed by atoms with Gasteiger partial charge in [-0.25, -0.2) is 15.0 Å². The Morgan fingerprint density at radius 3 is 2.82 bits per heavy atom. The summed E-state index contributed by atoms with van der Waals surface area (Å²) in [6.45, 7) is 4.18. The van der Waals surface area contributed by atoms with Crippen molar-refractivity contribution in [1.82, 2.24) is 15.0 Å². The fourth-order valence-electron chi connectivity index (χ4n) is 1.18. The number of rotatable bonds is 3. The zero-order valence-electron chi connectivity index (χ0n) is 9.44. The second kappa shape index (κ2) is 4.85. The Kier molecular flexibility index (Phi) is 3.44. The van der Waals surface area contributed by atoms with E-state index in [0.717, 1.165) is 10.8 Å². The van der Waals surface area contributed by atoms with E-state index in [1.54, 1.807) is 0 Å². The van der Waals surface area contributed by atoms with Crippen LogP contribution in [0.1, 0.15) is 25.5 Å². The number of nitrogens with zero attached hydrogens (tertiary/aromatic N) is 3. The molecule has 0 atom stereocenters. The van der Waals surface area contributed by atoms with E-state index in [0.29, 0.717) is 16.8 Å². The fraction of sp³-hybridized carbons (Fsp3) is 0.300. The Bertz CT molecular complexity index is 525. The van der Waals surface area contributed by atoms with Crippen LogP contribution in [-0.4, -0.2) is 15.0 Å². The smallest absolute Gasteiger partial charge is 0.188 e. The summed E-state index contributed by atoms with van der Waals surface area (Å²) in [5.74, 6) is 1.13. The second-order valence-electron chi connectivity index (χ2n) is 3.78. The van der Waals surface area contributed by atoms with Crippen molar-refractivity contribution in [3.8, 4) is 0 Å². The molecule has 0 fully saturated rings. The molecule has 2 heterocycles. The molecule has 5 nitrogen and oxygen atoms in total. The molecule has 0 unspecified atom stereocenters. The van der Waals surface area contributed by atoms with Crippen molar-refractivity contribution in [3.63, 3.8) is 0 Å². The number of nitrogen functional groups attached to an aromatic ring is 1. The summed E-state index contributed by atoms with van der Waals surface area (Å²) < 4.78 is 0. The summed E-state index contributed by atoms with van der Waals surface area (Å²) in [5.41, 5.74) is 6.63. The molecular weight excluding hydrogens is 258 g/mol. The molecule has 0 aliphatic carbocycles. The molecule has 3 N–H and O–H groups in total. The van der Waals surface area contributed by atoms with Crippen molar-refractivity contribution in [1.29, 1.82) is 0 Å². The Balaban J connectivity index is 2.22. The van der Waals surface area contributed by atoms with E-state index in [2.05, 4.69) is 34.1 Å². The van der Waals surface area contributed by atoms with E-state index in [1.807, 2.05) is 5.38 Å². The van der Waals surface area contributed by atoms with Crippen molar-refractivity contribution in [2.75, 3.05) is 11.1 Å². The van der Waals surface area contributed by atoms with Crippen molar-refractivity contribution in [2.45, 2.75) is 19.8 Å². The van der Waals surface area contributed by atoms with Gasteiger partial charge in [0.25, 0.3) is 0 Å². The highest BCUT2D eigenvalue weighted by molar-refractivity contribution is 7.13. The van der Waals surface area contributed by atoms with Gasteiger partial charge < -0.3 is 11.1 Å². The average Bonchev–Trinajstić information content (AvgIpc) is 2.73. The van der Waals surface area contributed by atoms with Gasteiger partial charge in [0.15, 0.2) is 10.9 Å². The van der Waals surface area contributed by atoms with E-state index in [-0.39, 0.29) is 5.82 Å². The predicted molar refractivity (Wildman–Crippen MR) is 70.9 cm³/mol. The first-order chi connectivity index (χ1) is 8.08. The summed E-state index contributed by atoms with van der Waals surface area (Å²) in [4.78, 5) is 12.2. The summed E-state index contributed by atoms with van der Waals surface area (Å²) >= 11 is 7.48. The van der Waals surface area contributed by atoms with E-state index < -0.39 is 0 Å². The van der Waals surface area contributed by atoms with Gasteiger partial charge in [-0.15, -0.1) is 11.3 Å². The lowest BCUT2D eigenvalue weighted by molar-refractivity contribution is 0.834. The summed E-state index contributed by atoms with van der Waals surface area (Å²) in [6.07, 6.45) is 1.36. The standard InChI is InChI=1S/C10H12ClN5S/c1-5(2)6-3-17-10(15-6)16-9-7(11)8(12)13-4-14-9/h3-5H,1-2H3,(H3,12,13,14,15,16). The van der Waals surface area contributed by atoms with Gasteiger partial charge in [0.1, 0.15) is 17.2 Å². The molecule has 0 bridgehead atoms. The minimum Gasteiger partial charge on any atom is -0.382 e. The third kappa shape index (κ3) is 2.65. The number of anilines is 3. The molecule has 0 aliphatic rings. The molecule has 0 amide bonds. The minimum absolute atomic E-state index is 0.254. The van der Waals surface area contributed by atoms with Gasteiger partial charge in [0, 0.05) is 5.38 Å². The van der Waals surface area contributed by atoms with Crippen LogP contribution in [-0.2, 0) is 0 Å². The van der Waals surface area contributed by atoms with Gasteiger partial charge in [-0.05, 0) is 5.92 Å². The van der Waals surface area contributed by atoms with Gasteiger partial charge in [0.05, 0.1) is 5.69 Å². The first-order valence-corrected chi connectivity index (χ1v) is 6.32. The third-order valence-corrected chi connectivity index (χ3v) is 3.30. The van der Waals surface area contributed by atoms with Crippen LogP contribution in [0.4, 0.5) is 16.8 Å². The number of aromatic nitrogens is 3. The van der Waals surface area contributed by atoms with Gasteiger partial charge >= 0.3 is 0 Å². The van der Waals surface area contributed by atoms with Crippen molar-refractivity contribution in [3.05, 3.63) is 22.4 Å². The fourth-order valence-corrected chi connectivity index (χ4v) is 2.20. The molecule has 0 radical (unpaired) electrons. The van der Waals surface area contributed by atoms with Crippen LogP contribution in [0.2, 0.25) is 5.02 Å². The van der Waals surface area contributed by atoms with Crippen LogP contribution in [0.25, 0.3) is 0 Å². The Labute approximate surface area is 108 Å².